The highest BCUT2D eigenvalue weighted by Gasteiger charge is 2.49. The molecule has 0 N–H and O–H groups in total. The number of ketones is 1. The summed E-state index contributed by atoms with van der Waals surface area (Å²) in [6, 6.07) is 3.39. The van der Waals surface area contributed by atoms with E-state index in [0.717, 1.165) is 4.90 Å². The third-order valence-corrected chi connectivity index (χ3v) is 4.77. The van der Waals surface area contributed by atoms with Crippen LogP contribution in [0, 0.1) is 5.82 Å². The Morgan fingerprint density at radius 1 is 1.45 bits per heavy atom. The summed E-state index contributed by atoms with van der Waals surface area (Å²) in [5.41, 5.74) is 5.86. The first-order valence-corrected chi connectivity index (χ1v) is 9.48. The molecule has 0 spiro atoms. The van der Waals surface area contributed by atoms with Crippen molar-refractivity contribution in [1.29, 1.82) is 0 Å². The number of hydrogen-bond acceptors (Lipinski definition) is 4. The number of aryl methyl sites for hydroxylation is 1. The molecule has 158 valence electrons. The maximum Gasteiger partial charge on any atom is 0.411 e. The fourth-order valence-electron chi connectivity index (χ4n) is 3.18. The molecule has 1 saturated heterocycles. The van der Waals surface area contributed by atoms with Gasteiger partial charge < -0.3 is 4.74 Å². The van der Waals surface area contributed by atoms with Crippen LogP contribution >= 0.6 is 11.6 Å². The van der Waals surface area contributed by atoms with E-state index in [1.807, 2.05) is 0 Å². The maximum atomic E-state index is 15.1. The second kappa shape index (κ2) is 8.97. The van der Waals surface area contributed by atoms with Crippen molar-refractivity contribution in [3.05, 3.63) is 45.0 Å². The predicted octanol–water partition coefficient (Wildman–Crippen LogP) is 5.01. The van der Waals surface area contributed by atoms with Crippen molar-refractivity contribution >= 4 is 23.5 Å². The molecular formula is C19H23ClF2N4O3. The summed E-state index contributed by atoms with van der Waals surface area (Å²) in [6.07, 6.45) is -1.20. The molecule has 0 unspecified atom stereocenters. The largest absolute Gasteiger partial charge is 0.444 e. The minimum absolute atomic E-state index is 0.0525. The molecule has 1 amide bonds. The monoisotopic (exact) mass is 428 g/mol. The number of nitrogens with zero attached hydrogens (tertiary/aromatic N) is 4. The van der Waals surface area contributed by atoms with E-state index in [0.29, 0.717) is 0 Å². The molecule has 0 radical (unpaired) electrons. The number of alkyl halides is 1. The number of benzene rings is 1. The van der Waals surface area contributed by atoms with Crippen molar-refractivity contribution < 1.29 is 23.1 Å². The summed E-state index contributed by atoms with van der Waals surface area (Å²) in [4.78, 5) is 28.9. The number of ether oxygens (including phenoxy) is 1. The Labute approximate surface area is 172 Å². The van der Waals surface area contributed by atoms with E-state index < -0.39 is 48.1 Å². The lowest BCUT2D eigenvalue weighted by Gasteiger charge is -2.28. The van der Waals surface area contributed by atoms with Crippen LogP contribution in [0.2, 0.25) is 5.02 Å². The molecular weight excluding hydrogens is 406 g/mol. The fraction of sp³-hybridized carbons (Fsp3) is 0.579. The highest BCUT2D eigenvalue weighted by Crippen LogP contribution is 2.34. The van der Waals surface area contributed by atoms with Crippen molar-refractivity contribution in [2.24, 2.45) is 5.11 Å². The zero-order chi connectivity index (χ0) is 21.8. The average Bonchev–Trinajstić information content (AvgIpc) is 2.98. The Bertz CT molecular complexity index is 839. The summed E-state index contributed by atoms with van der Waals surface area (Å²) in [7, 11) is 0. The minimum atomic E-state index is -2.04. The van der Waals surface area contributed by atoms with Crippen LogP contribution in [0.25, 0.3) is 10.4 Å². The van der Waals surface area contributed by atoms with Gasteiger partial charge in [0, 0.05) is 17.8 Å². The number of halogens is 3. The Morgan fingerprint density at radius 2 is 2.14 bits per heavy atom. The third kappa shape index (κ3) is 6.05. The van der Waals surface area contributed by atoms with Gasteiger partial charge in [0.25, 0.3) is 0 Å². The number of rotatable bonds is 6. The first-order valence-electron chi connectivity index (χ1n) is 9.11. The summed E-state index contributed by atoms with van der Waals surface area (Å²) in [6.45, 7) is 4.03. The molecule has 0 bridgehead atoms. The van der Waals surface area contributed by atoms with Crippen molar-refractivity contribution in [2.75, 3.05) is 13.1 Å². The number of amides is 1. The van der Waals surface area contributed by atoms with Crippen molar-refractivity contribution in [2.45, 2.75) is 57.3 Å². The van der Waals surface area contributed by atoms with Gasteiger partial charge in [-0.2, -0.15) is 0 Å². The van der Waals surface area contributed by atoms with E-state index in [1.54, 1.807) is 26.8 Å². The van der Waals surface area contributed by atoms with Crippen LogP contribution in [-0.2, 0) is 16.0 Å². The summed E-state index contributed by atoms with van der Waals surface area (Å²) < 4.78 is 34.4. The average molecular weight is 429 g/mol. The number of carbonyl (C=O) groups is 2. The van der Waals surface area contributed by atoms with Crippen LogP contribution < -0.4 is 0 Å². The topological polar surface area (TPSA) is 95.4 Å². The van der Waals surface area contributed by atoms with Crippen LogP contribution in [0.1, 0.15) is 39.2 Å². The second-order valence-electron chi connectivity index (χ2n) is 8.05. The smallest absolute Gasteiger partial charge is 0.411 e. The lowest BCUT2D eigenvalue weighted by atomic mass is 9.97. The second-order valence-corrected chi connectivity index (χ2v) is 8.45. The highest BCUT2D eigenvalue weighted by atomic mass is 35.5. The molecule has 2 atom stereocenters. The van der Waals surface area contributed by atoms with E-state index in [4.69, 9.17) is 21.9 Å². The van der Waals surface area contributed by atoms with Gasteiger partial charge in [0.1, 0.15) is 17.1 Å². The van der Waals surface area contributed by atoms with Gasteiger partial charge in [-0.3, -0.25) is 9.69 Å². The zero-order valence-electron chi connectivity index (χ0n) is 16.5. The van der Waals surface area contributed by atoms with E-state index in [2.05, 4.69) is 10.0 Å². The molecule has 0 aromatic heterocycles. The first-order chi connectivity index (χ1) is 13.5. The first kappa shape index (κ1) is 22.9. The molecule has 1 aliphatic rings. The van der Waals surface area contributed by atoms with Gasteiger partial charge in [-0.25, -0.2) is 13.6 Å². The fourth-order valence-corrected chi connectivity index (χ4v) is 3.37. The Morgan fingerprint density at radius 3 is 2.76 bits per heavy atom. The van der Waals surface area contributed by atoms with Crippen LogP contribution in [0.3, 0.4) is 0 Å². The summed E-state index contributed by atoms with van der Waals surface area (Å²) in [5.74, 6) is -1.05. The van der Waals surface area contributed by atoms with Gasteiger partial charge in [0.15, 0.2) is 5.78 Å². The van der Waals surface area contributed by atoms with Crippen molar-refractivity contribution in [1.82, 2.24) is 4.90 Å². The number of Topliss-reactive ketones (excluding diaryl/α,β-unsaturated/α-hetero) is 1. The van der Waals surface area contributed by atoms with Gasteiger partial charge >= 0.3 is 6.09 Å². The summed E-state index contributed by atoms with van der Waals surface area (Å²) >= 11 is 5.75. The van der Waals surface area contributed by atoms with E-state index in [9.17, 15) is 14.0 Å². The van der Waals surface area contributed by atoms with E-state index >= 15 is 4.39 Å². The number of carbonyl (C=O) groups excluding carboxylic acids is 2. The van der Waals surface area contributed by atoms with Crippen LogP contribution in [-0.4, -0.2) is 47.2 Å². The molecule has 10 heteroatoms. The normalized spacial score (nSPS) is 21.6. The van der Waals surface area contributed by atoms with Crippen molar-refractivity contribution in [3.8, 4) is 0 Å². The van der Waals surface area contributed by atoms with Crippen LogP contribution in [0.15, 0.2) is 23.3 Å². The van der Waals surface area contributed by atoms with E-state index in [-0.39, 0.29) is 29.8 Å². The van der Waals surface area contributed by atoms with Gasteiger partial charge in [-0.1, -0.05) is 28.8 Å². The maximum absolute atomic E-state index is 15.1. The third-order valence-electron chi connectivity index (χ3n) is 4.48. The standard InChI is InChI=1S/C19H23ClF2N4O3/c1-18(2,3)29-17(28)26-11-19(22,10-24-25-23)9-14(26)15(27)8-7-12-5-4-6-13(20)16(12)21/h4-6,14H,7-11H2,1-3H3/t14-,19-/m0/s1. The molecule has 0 saturated carbocycles. The quantitative estimate of drug-likeness (QED) is 0.362. The van der Waals surface area contributed by atoms with Gasteiger partial charge in [0.2, 0.25) is 0 Å². The SMILES string of the molecule is CC(C)(C)OC(=O)N1C[C@@](F)(CN=[N+]=[N-])C[C@H]1C(=O)CCc1cccc(Cl)c1F. The number of likely N-dealkylation sites (tertiary alicyclic amines) is 1. The molecule has 7 nitrogen and oxygen atoms in total. The Hall–Kier alpha value is -2.38. The predicted molar refractivity (Wildman–Crippen MR) is 104 cm³/mol. The molecule has 1 aromatic rings. The zero-order valence-corrected chi connectivity index (χ0v) is 17.2. The van der Waals surface area contributed by atoms with Gasteiger partial charge in [-0.15, -0.1) is 0 Å². The Balaban J connectivity index is 2.18. The van der Waals surface area contributed by atoms with Gasteiger partial charge in [0.05, 0.1) is 24.2 Å². The molecule has 1 heterocycles. The lowest BCUT2D eigenvalue weighted by Crippen LogP contribution is -2.44. The molecule has 1 aliphatic heterocycles. The number of hydrogen-bond donors (Lipinski definition) is 0. The minimum Gasteiger partial charge on any atom is -0.444 e. The lowest BCUT2D eigenvalue weighted by molar-refractivity contribution is -0.123. The van der Waals surface area contributed by atoms with E-state index in [1.165, 1.54) is 12.1 Å². The molecule has 1 fully saturated rings. The molecule has 1 aromatic carbocycles. The Kier molecular flexibility index (Phi) is 7.08. The molecule has 0 aliphatic carbocycles. The molecule has 2 rings (SSSR count). The van der Waals surface area contributed by atoms with Gasteiger partial charge in [-0.05, 0) is 44.4 Å². The van der Waals surface area contributed by atoms with Crippen LogP contribution in [0.4, 0.5) is 13.6 Å². The van der Waals surface area contributed by atoms with Crippen molar-refractivity contribution in [3.63, 3.8) is 0 Å². The summed E-state index contributed by atoms with van der Waals surface area (Å²) in [5, 5.41) is 3.20. The van der Waals surface area contributed by atoms with Crippen LogP contribution in [0.5, 0.6) is 0 Å². The highest BCUT2D eigenvalue weighted by molar-refractivity contribution is 6.30. The molecule has 29 heavy (non-hydrogen) atoms. The number of azide groups is 1.